The molecule has 0 aromatic carbocycles. The first-order chi connectivity index (χ1) is 5.91. The summed E-state index contributed by atoms with van der Waals surface area (Å²) in [4.78, 5) is 9.98. The zero-order valence-corrected chi connectivity index (χ0v) is 9.57. The van der Waals surface area contributed by atoms with Crippen LogP contribution in [0.25, 0.3) is 0 Å². The van der Waals surface area contributed by atoms with Crippen molar-refractivity contribution in [3.63, 3.8) is 0 Å². The molecule has 0 fully saturated rings. The summed E-state index contributed by atoms with van der Waals surface area (Å²) in [5, 5.41) is 53.4. The van der Waals surface area contributed by atoms with E-state index in [-0.39, 0.29) is 29.6 Å². The van der Waals surface area contributed by atoms with Crippen LogP contribution in [0.3, 0.4) is 0 Å². The molecular weight excluding hydrogens is 208 g/mol. The fourth-order valence-electron chi connectivity index (χ4n) is 0.662. The number of carboxylic acid groups (broad SMARTS) is 1. The van der Waals surface area contributed by atoms with Gasteiger partial charge in [0.05, 0.1) is 12.6 Å². The average molecular weight is 219 g/mol. The molecule has 0 bridgehead atoms. The van der Waals surface area contributed by atoms with Gasteiger partial charge in [0.2, 0.25) is 0 Å². The number of carboxylic acids is 1. The van der Waals surface area contributed by atoms with Crippen LogP contribution < -0.4 is 34.7 Å². The van der Waals surface area contributed by atoms with E-state index in [0.29, 0.717) is 0 Å². The van der Waals surface area contributed by atoms with Gasteiger partial charge in [-0.25, -0.2) is 0 Å². The Bertz CT molecular complexity index is 176. The summed E-state index contributed by atoms with van der Waals surface area (Å²) in [7, 11) is 0. The second-order valence-electron chi connectivity index (χ2n) is 2.49. The maximum atomic E-state index is 9.98. The van der Waals surface area contributed by atoms with Gasteiger partial charge in [-0.3, -0.25) is 0 Å². The molecule has 0 rings (SSSR count). The fourth-order valence-corrected chi connectivity index (χ4v) is 0.662. The van der Waals surface area contributed by atoms with Crippen molar-refractivity contribution in [2.75, 3.05) is 6.61 Å². The largest absolute Gasteiger partial charge is 1.00 e. The number of hydrogen-bond donors (Lipinski definition) is 5. The second kappa shape index (κ2) is 7.55. The maximum Gasteiger partial charge on any atom is 1.00 e. The summed E-state index contributed by atoms with van der Waals surface area (Å²) in [6.45, 7) is -0.863. The molecule has 0 unspecified atom stereocenters. The molecular formula is C6H11NaO7. The molecule has 0 aliphatic rings. The number of carbonyl (C=O) groups is 1. The van der Waals surface area contributed by atoms with Crippen molar-refractivity contribution in [2.24, 2.45) is 0 Å². The molecule has 0 saturated heterocycles. The van der Waals surface area contributed by atoms with Crippen molar-refractivity contribution in [1.82, 2.24) is 0 Å². The predicted octanol–water partition coefficient (Wildman–Crippen LogP) is -7.82. The van der Waals surface area contributed by atoms with Crippen molar-refractivity contribution < 1.29 is 65.0 Å². The van der Waals surface area contributed by atoms with Gasteiger partial charge in [-0.15, -0.1) is 0 Å². The summed E-state index contributed by atoms with van der Waals surface area (Å²) < 4.78 is 0. The molecule has 0 spiro atoms. The first kappa shape index (κ1) is 16.7. The Morgan fingerprint density at radius 1 is 1.14 bits per heavy atom. The molecule has 0 saturated carbocycles. The topological polar surface area (TPSA) is 141 Å². The molecule has 0 aliphatic heterocycles. The minimum Gasteiger partial charge on any atom is -0.547 e. The summed E-state index contributed by atoms with van der Waals surface area (Å²) in [6, 6.07) is 0. The Labute approximate surface area is 102 Å². The number of aliphatic carboxylic acids is 1. The van der Waals surface area contributed by atoms with Crippen LogP contribution in [0, 0.1) is 0 Å². The van der Waals surface area contributed by atoms with Gasteiger partial charge in [-0.2, -0.15) is 0 Å². The van der Waals surface area contributed by atoms with Gasteiger partial charge < -0.3 is 35.4 Å². The molecule has 5 N–H and O–H groups in total. The zero-order valence-electron chi connectivity index (χ0n) is 7.57. The third-order valence-electron chi connectivity index (χ3n) is 1.50. The third-order valence-corrected chi connectivity index (χ3v) is 1.50. The molecule has 0 amide bonds. The number of carbonyl (C=O) groups excluding carboxylic acids is 1. The molecule has 8 heteroatoms. The van der Waals surface area contributed by atoms with Crippen LogP contribution in [0.5, 0.6) is 0 Å². The van der Waals surface area contributed by atoms with E-state index in [2.05, 4.69) is 0 Å². The summed E-state index contributed by atoms with van der Waals surface area (Å²) >= 11 is 0. The molecule has 7 nitrogen and oxygen atoms in total. The number of aliphatic hydroxyl groups excluding tert-OH is 5. The number of rotatable bonds is 5. The third kappa shape index (κ3) is 4.67. The van der Waals surface area contributed by atoms with Crippen LogP contribution in [0.2, 0.25) is 0 Å². The number of aliphatic hydroxyl groups is 5. The van der Waals surface area contributed by atoms with Gasteiger partial charge in [0.25, 0.3) is 0 Å². The van der Waals surface area contributed by atoms with Crippen molar-refractivity contribution in [2.45, 2.75) is 24.4 Å². The average Bonchev–Trinajstić information content (AvgIpc) is 2.12. The van der Waals surface area contributed by atoms with E-state index in [0.717, 1.165) is 0 Å². The fraction of sp³-hybridized carbons (Fsp3) is 0.833. The van der Waals surface area contributed by atoms with E-state index in [1.165, 1.54) is 0 Å². The van der Waals surface area contributed by atoms with Gasteiger partial charge in [0, 0.05) is 0 Å². The molecule has 0 aliphatic carbocycles. The Kier molecular flexibility index (Phi) is 9.00. The second-order valence-corrected chi connectivity index (χ2v) is 2.49. The Balaban J connectivity index is 0. The van der Waals surface area contributed by atoms with Crippen molar-refractivity contribution in [3.8, 4) is 0 Å². The van der Waals surface area contributed by atoms with E-state index in [9.17, 15) is 9.90 Å². The van der Waals surface area contributed by atoms with Gasteiger partial charge in [-0.05, 0) is 0 Å². The van der Waals surface area contributed by atoms with E-state index in [4.69, 9.17) is 25.5 Å². The van der Waals surface area contributed by atoms with Gasteiger partial charge in [0.15, 0.2) is 0 Å². The normalized spacial score (nSPS) is 18.9. The molecule has 0 radical (unpaired) electrons. The molecule has 0 heterocycles. The Morgan fingerprint density at radius 2 is 1.57 bits per heavy atom. The minimum atomic E-state index is -2.31. The van der Waals surface area contributed by atoms with Crippen LogP contribution in [-0.4, -0.2) is 62.5 Å². The predicted molar refractivity (Wildman–Crippen MR) is 36.1 cm³/mol. The zero-order chi connectivity index (χ0) is 10.6. The van der Waals surface area contributed by atoms with Crippen molar-refractivity contribution >= 4 is 5.97 Å². The van der Waals surface area contributed by atoms with E-state index in [1.807, 2.05) is 0 Å². The molecule has 78 valence electrons. The summed E-state index contributed by atoms with van der Waals surface area (Å²) in [6.07, 6.45) is -8.08. The van der Waals surface area contributed by atoms with Crippen LogP contribution in [0.15, 0.2) is 0 Å². The maximum absolute atomic E-state index is 9.98. The van der Waals surface area contributed by atoms with Crippen molar-refractivity contribution in [1.29, 1.82) is 0 Å². The Morgan fingerprint density at radius 3 is 1.86 bits per heavy atom. The van der Waals surface area contributed by atoms with Crippen LogP contribution in [-0.2, 0) is 4.79 Å². The smallest absolute Gasteiger partial charge is 0.547 e. The quantitative estimate of drug-likeness (QED) is 0.228. The van der Waals surface area contributed by atoms with Crippen LogP contribution in [0.1, 0.15) is 0 Å². The first-order valence-corrected chi connectivity index (χ1v) is 3.45. The van der Waals surface area contributed by atoms with E-state index in [1.54, 1.807) is 0 Å². The van der Waals surface area contributed by atoms with Crippen LogP contribution >= 0.6 is 0 Å². The molecule has 4 atom stereocenters. The molecule has 0 aromatic rings. The van der Waals surface area contributed by atoms with Crippen molar-refractivity contribution in [3.05, 3.63) is 0 Å². The van der Waals surface area contributed by atoms with E-state index >= 15 is 0 Å². The molecule has 0 aromatic heterocycles. The standard InChI is InChI=1S/C6H12O7.Na/c7-1-2(8)3(9)4(10)5(11)6(12)13;/h2-5,7-11H,1H2,(H,12,13);/q;+1/p-1/t2-,3-,4+,5-;/m1./s1/i6+1;. The SMILES string of the molecule is O=[13C]([O-])[C@H](O)[C@@H](O)[C@H](O)[C@H](O)CO.[Na+]. The first-order valence-electron chi connectivity index (χ1n) is 3.45. The van der Waals surface area contributed by atoms with Gasteiger partial charge in [0.1, 0.15) is 24.4 Å². The minimum absolute atomic E-state index is 0. The Hall–Kier alpha value is 0.270. The van der Waals surface area contributed by atoms with Gasteiger partial charge in [-0.1, -0.05) is 0 Å². The molecule has 14 heavy (non-hydrogen) atoms. The summed E-state index contributed by atoms with van der Waals surface area (Å²) in [5.74, 6) is -1.98. The monoisotopic (exact) mass is 219 g/mol. The summed E-state index contributed by atoms with van der Waals surface area (Å²) in [5.41, 5.74) is 0. The van der Waals surface area contributed by atoms with Crippen LogP contribution in [0.4, 0.5) is 0 Å². The van der Waals surface area contributed by atoms with Gasteiger partial charge >= 0.3 is 29.6 Å². The number of hydrogen-bond acceptors (Lipinski definition) is 7. The van der Waals surface area contributed by atoms with E-state index < -0.39 is 37.0 Å².